The highest BCUT2D eigenvalue weighted by atomic mass is 19.2. The lowest BCUT2D eigenvalue weighted by molar-refractivity contribution is 0.260. The molecule has 0 atom stereocenters. The van der Waals surface area contributed by atoms with Crippen LogP contribution in [0.4, 0.5) is 17.6 Å². The van der Waals surface area contributed by atoms with E-state index in [1.54, 1.807) is 18.2 Å². The monoisotopic (exact) mass is 444 g/mol. The van der Waals surface area contributed by atoms with Crippen molar-refractivity contribution in [2.45, 2.75) is 20.1 Å². The summed E-state index contributed by atoms with van der Waals surface area (Å²) < 4.78 is 61.4. The molecule has 0 spiro atoms. The van der Waals surface area contributed by atoms with Crippen molar-refractivity contribution in [2.75, 3.05) is 0 Å². The number of benzene rings is 3. The van der Waals surface area contributed by atoms with E-state index in [0.717, 1.165) is 12.1 Å². The predicted molar refractivity (Wildman–Crippen MR) is 107 cm³/mol. The highest BCUT2D eigenvalue weighted by Gasteiger charge is 2.20. The number of aliphatic hydroxyl groups is 2. The molecule has 0 aliphatic rings. The van der Waals surface area contributed by atoms with E-state index >= 15 is 0 Å². The molecule has 0 unspecified atom stereocenters. The molecule has 4 aromatic rings. The normalized spacial score (nSPS) is 11.2. The summed E-state index contributed by atoms with van der Waals surface area (Å²) in [7, 11) is 0. The van der Waals surface area contributed by atoms with Crippen LogP contribution >= 0.6 is 0 Å². The maximum absolute atomic E-state index is 14.9. The van der Waals surface area contributed by atoms with Crippen LogP contribution in [0.15, 0.2) is 47.0 Å². The van der Waals surface area contributed by atoms with Crippen LogP contribution in [-0.4, -0.2) is 20.4 Å². The van der Waals surface area contributed by atoms with Crippen LogP contribution in [0.2, 0.25) is 0 Å². The number of hydrogen-bond acceptors (Lipinski definition) is 5. The van der Waals surface area contributed by atoms with Gasteiger partial charge in [0, 0.05) is 17.2 Å². The smallest absolute Gasteiger partial charge is 0.261 e. The Balaban J connectivity index is 1.74. The van der Waals surface area contributed by atoms with Gasteiger partial charge in [0.15, 0.2) is 11.6 Å². The summed E-state index contributed by atoms with van der Waals surface area (Å²) in [5.41, 5.74) is 1.33. The van der Waals surface area contributed by atoms with Crippen molar-refractivity contribution >= 4 is 0 Å². The fourth-order valence-corrected chi connectivity index (χ4v) is 3.40. The van der Waals surface area contributed by atoms with Crippen molar-refractivity contribution < 1.29 is 32.3 Å². The van der Waals surface area contributed by atoms with Gasteiger partial charge in [0.2, 0.25) is 5.82 Å². The van der Waals surface area contributed by atoms with E-state index < -0.39 is 28.8 Å². The first-order valence-electron chi connectivity index (χ1n) is 9.45. The predicted octanol–water partition coefficient (Wildman–Crippen LogP) is 4.92. The quantitative estimate of drug-likeness (QED) is 0.338. The van der Waals surface area contributed by atoms with Gasteiger partial charge in [-0.2, -0.15) is 4.98 Å². The molecule has 2 N–H and O–H groups in total. The summed E-state index contributed by atoms with van der Waals surface area (Å²) in [4.78, 5) is 4.18. The highest BCUT2D eigenvalue weighted by Crippen LogP contribution is 2.34. The van der Waals surface area contributed by atoms with Crippen LogP contribution in [0.3, 0.4) is 0 Å². The summed E-state index contributed by atoms with van der Waals surface area (Å²) in [6.45, 7) is 0.972. The second-order valence-electron chi connectivity index (χ2n) is 7.12. The van der Waals surface area contributed by atoms with Gasteiger partial charge in [-0.15, -0.1) is 0 Å². The highest BCUT2D eigenvalue weighted by molar-refractivity contribution is 5.72. The Morgan fingerprint density at radius 3 is 2.28 bits per heavy atom. The van der Waals surface area contributed by atoms with Gasteiger partial charge in [-0.3, -0.25) is 0 Å². The van der Waals surface area contributed by atoms with Crippen LogP contribution in [-0.2, 0) is 13.2 Å². The summed E-state index contributed by atoms with van der Waals surface area (Å²) >= 11 is 0. The molecule has 0 radical (unpaired) electrons. The van der Waals surface area contributed by atoms with Crippen molar-refractivity contribution in [3.8, 4) is 34.0 Å². The largest absolute Gasteiger partial charge is 0.392 e. The zero-order valence-electron chi connectivity index (χ0n) is 16.7. The zero-order valence-corrected chi connectivity index (χ0v) is 16.7. The first-order valence-corrected chi connectivity index (χ1v) is 9.45. The molecule has 0 saturated heterocycles. The minimum Gasteiger partial charge on any atom is -0.392 e. The topological polar surface area (TPSA) is 79.4 Å². The van der Waals surface area contributed by atoms with Crippen molar-refractivity contribution in [1.29, 1.82) is 0 Å². The molecule has 9 heteroatoms. The van der Waals surface area contributed by atoms with Gasteiger partial charge in [-0.25, -0.2) is 17.6 Å². The Bertz CT molecular complexity index is 1320. The van der Waals surface area contributed by atoms with Crippen LogP contribution in [0, 0.1) is 30.2 Å². The summed E-state index contributed by atoms with van der Waals surface area (Å²) in [6, 6.07) is 8.26. The Labute approximate surface area is 179 Å². The number of aromatic nitrogens is 2. The summed E-state index contributed by atoms with van der Waals surface area (Å²) in [6.07, 6.45) is 0. The Hall–Kier alpha value is -3.56. The maximum atomic E-state index is 14.9. The third-order valence-corrected chi connectivity index (χ3v) is 5.06. The molecule has 0 bridgehead atoms. The number of rotatable bonds is 5. The lowest BCUT2D eigenvalue weighted by Gasteiger charge is -2.10. The van der Waals surface area contributed by atoms with Crippen LogP contribution in [0.5, 0.6) is 0 Å². The van der Waals surface area contributed by atoms with E-state index in [1.807, 2.05) is 0 Å². The average molecular weight is 444 g/mol. The zero-order chi connectivity index (χ0) is 23.0. The molecule has 3 aromatic carbocycles. The summed E-state index contributed by atoms with van der Waals surface area (Å²) in [5.74, 6) is -4.53. The minimum atomic E-state index is -1.38. The molecular weight excluding hydrogens is 428 g/mol. The number of aryl methyl sites for hydroxylation is 1. The van der Waals surface area contributed by atoms with Gasteiger partial charge in [0.25, 0.3) is 5.89 Å². The van der Waals surface area contributed by atoms with Crippen LogP contribution in [0.25, 0.3) is 34.0 Å². The van der Waals surface area contributed by atoms with E-state index in [-0.39, 0.29) is 36.1 Å². The second-order valence-corrected chi connectivity index (χ2v) is 7.12. The van der Waals surface area contributed by atoms with Crippen molar-refractivity contribution in [3.63, 3.8) is 0 Å². The molecular formula is C23H16F4N2O3. The lowest BCUT2D eigenvalue weighted by atomic mass is 9.97. The van der Waals surface area contributed by atoms with Gasteiger partial charge in [0.1, 0.15) is 11.6 Å². The number of hydrogen-bond donors (Lipinski definition) is 2. The van der Waals surface area contributed by atoms with Gasteiger partial charge < -0.3 is 14.7 Å². The summed E-state index contributed by atoms with van der Waals surface area (Å²) in [5, 5.41) is 22.6. The fraction of sp³-hybridized carbons (Fsp3) is 0.130. The van der Waals surface area contributed by atoms with Gasteiger partial charge in [0.05, 0.1) is 18.8 Å². The SMILES string of the molecule is Cc1cc(-c2nc(-c3ccc(CO)c(CO)c3)no2)c(F)cc1-c1cc(F)cc(F)c1F. The van der Waals surface area contributed by atoms with Crippen molar-refractivity contribution in [1.82, 2.24) is 10.1 Å². The number of halogens is 4. The molecule has 0 saturated carbocycles. The molecule has 1 heterocycles. The first kappa shape index (κ1) is 21.7. The lowest BCUT2D eigenvalue weighted by Crippen LogP contribution is -1.97. The number of aliphatic hydroxyl groups excluding tert-OH is 2. The molecule has 4 rings (SSSR count). The molecule has 0 fully saturated rings. The van der Waals surface area contributed by atoms with Crippen molar-refractivity contribution in [3.05, 3.63) is 82.4 Å². The average Bonchev–Trinajstić information content (AvgIpc) is 3.27. The van der Waals surface area contributed by atoms with Crippen molar-refractivity contribution in [2.24, 2.45) is 0 Å². The molecule has 0 aliphatic carbocycles. The molecule has 0 aliphatic heterocycles. The van der Waals surface area contributed by atoms with E-state index in [1.165, 1.54) is 13.0 Å². The Morgan fingerprint density at radius 1 is 0.812 bits per heavy atom. The van der Waals surface area contributed by atoms with E-state index in [4.69, 9.17) is 4.52 Å². The Kier molecular flexibility index (Phi) is 5.77. The molecule has 5 nitrogen and oxygen atoms in total. The minimum absolute atomic E-state index is 0.0194. The van der Waals surface area contributed by atoms with E-state index in [2.05, 4.69) is 10.1 Å². The van der Waals surface area contributed by atoms with Crippen LogP contribution < -0.4 is 0 Å². The fourth-order valence-electron chi connectivity index (χ4n) is 3.40. The molecule has 1 aromatic heterocycles. The Morgan fingerprint density at radius 2 is 1.56 bits per heavy atom. The third kappa shape index (κ3) is 3.88. The van der Waals surface area contributed by atoms with E-state index in [0.29, 0.717) is 28.3 Å². The standard InChI is InChI=1S/C23H16F4N2O3/c1-11-4-18(19(25)8-16(11)17-6-15(24)7-20(26)21(17)27)23-28-22(29-32-23)12-2-3-13(9-30)14(5-12)10-31/h2-8,30-31H,9-10H2,1H3. The number of nitrogens with zero attached hydrogens (tertiary/aromatic N) is 2. The van der Waals surface area contributed by atoms with E-state index in [9.17, 15) is 27.8 Å². The maximum Gasteiger partial charge on any atom is 0.261 e. The molecule has 32 heavy (non-hydrogen) atoms. The van der Waals surface area contributed by atoms with Gasteiger partial charge >= 0.3 is 0 Å². The molecule has 164 valence electrons. The molecule has 0 amide bonds. The third-order valence-electron chi connectivity index (χ3n) is 5.06. The first-order chi connectivity index (χ1) is 15.3. The van der Waals surface area contributed by atoms with Gasteiger partial charge in [-0.1, -0.05) is 17.3 Å². The van der Waals surface area contributed by atoms with Gasteiger partial charge in [-0.05, 0) is 53.4 Å². The second kappa shape index (κ2) is 8.52. The van der Waals surface area contributed by atoms with Crippen LogP contribution in [0.1, 0.15) is 16.7 Å².